The van der Waals surface area contributed by atoms with Crippen LogP contribution < -0.4 is 4.74 Å². The van der Waals surface area contributed by atoms with E-state index in [0.29, 0.717) is 12.3 Å². The number of fused-ring (bicyclic) bond motifs is 1. The normalized spacial score (nSPS) is 10.6. The van der Waals surface area contributed by atoms with Crippen LogP contribution in [0, 0.1) is 0 Å². The summed E-state index contributed by atoms with van der Waals surface area (Å²) in [5.41, 5.74) is 1.40. The smallest absolute Gasteiger partial charge is 0.358 e. The number of aromatic carboxylic acids is 1. The van der Waals surface area contributed by atoms with Crippen LogP contribution in [-0.2, 0) is 6.61 Å². The van der Waals surface area contributed by atoms with Crippen LogP contribution in [0.5, 0.6) is 5.75 Å². The third-order valence-corrected chi connectivity index (χ3v) is 2.84. The van der Waals surface area contributed by atoms with Crippen LogP contribution in [0.3, 0.4) is 0 Å². The summed E-state index contributed by atoms with van der Waals surface area (Å²) in [6.07, 6.45) is 1.31. The molecule has 0 saturated heterocycles. The quantitative estimate of drug-likeness (QED) is 0.784. The van der Waals surface area contributed by atoms with Crippen molar-refractivity contribution in [3.8, 4) is 5.75 Å². The van der Waals surface area contributed by atoms with Crippen molar-refractivity contribution in [3.63, 3.8) is 0 Å². The van der Waals surface area contributed by atoms with Crippen LogP contribution in [0.15, 0.2) is 48.8 Å². The second-order valence-electron chi connectivity index (χ2n) is 4.16. The van der Waals surface area contributed by atoms with E-state index in [2.05, 4.69) is 10.1 Å². The molecule has 0 aliphatic heterocycles. The first-order valence-corrected chi connectivity index (χ1v) is 5.98. The van der Waals surface area contributed by atoms with Gasteiger partial charge in [-0.25, -0.2) is 14.3 Å². The minimum Gasteiger partial charge on any atom is -0.486 e. The minimum atomic E-state index is -1.11. The van der Waals surface area contributed by atoms with Crippen molar-refractivity contribution in [1.82, 2.24) is 14.6 Å². The molecule has 3 aromatic rings. The lowest BCUT2D eigenvalue weighted by Gasteiger charge is -2.09. The molecule has 0 fully saturated rings. The molecule has 0 aliphatic rings. The lowest BCUT2D eigenvalue weighted by molar-refractivity contribution is 0.0681. The molecule has 100 valence electrons. The van der Waals surface area contributed by atoms with Crippen molar-refractivity contribution >= 4 is 11.6 Å². The number of benzene rings is 1. The van der Waals surface area contributed by atoms with E-state index < -0.39 is 5.97 Å². The van der Waals surface area contributed by atoms with Crippen LogP contribution in [-0.4, -0.2) is 25.7 Å². The van der Waals surface area contributed by atoms with E-state index in [1.54, 1.807) is 12.1 Å². The van der Waals surface area contributed by atoms with Crippen molar-refractivity contribution in [2.45, 2.75) is 6.61 Å². The van der Waals surface area contributed by atoms with Gasteiger partial charge in [-0.05, 0) is 17.7 Å². The SMILES string of the molecule is O=C(O)c1c(OCc2ccccc2)ccc2ncnn12. The molecular weight excluding hydrogens is 258 g/mol. The predicted octanol–water partition coefficient (Wildman–Crippen LogP) is 2.01. The Bertz CT molecular complexity index is 753. The highest BCUT2D eigenvalue weighted by Gasteiger charge is 2.17. The van der Waals surface area contributed by atoms with Crippen molar-refractivity contribution in [2.75, 3.05) is 0 Å². The molecule has 2 heterocycles. The maximum atomic E-state index is 11.4. The second-order valence-corrected chi connectivity index (χ2v) is 4.16. The molecule has 0 amide bonds. The lowest BCUT2D eigenvalue weighted by Crippen LogP contribution is -2.10. The fourth-order valence-electron chi connectivity index (χ4n) is 1.92. The maximum absolute atomic E-state index is 11.4. The molecule has 0 aliphatic carbocycles. The van der Waals surface area contributed by atoms with Gasteiger partial charge < -0.3 is 9.84 Å². The lowest BCUT2D eigenvalue weighted by atomic mass is 10.2. The Balaban J connectivity index is 1.94. The Labute approximate surface area is 114 Å². The van der Waals surface area contributed by atoms with Gasteiger partial charge in [-0.1, -0.05) is 30.3 Å². The van der Waals surface area contributed by atoms with Crippen molar-refractivity contribution < 1.29 is 14.6 Å². The molecule has 6 nitrogen and oxygen atoms in total. The van der Waals surface area contributed by atoms with Gasteiger partial charge in [0.25, 0.3) is 0 Å². The minimum absolute atomic E-state index is 0.0315. The van der Waals surface area contributed by atoms with Gasteiger partial charge in [-0.2, -0.15) is 5.10 Å². The average Bonchev–Trinajstić information content (AvgIpc) is 2.93. The number of hydrogen-bond donors (Lipinski definition) is 1. The zero-order chi connectivity index (χ0) is 13.9. The van der Waals surface area contributed by atoms with Gasteiger partial charge in [0.05, 0.1) is 0 Å². The molecule has 2 aromatic heterocycles. The summed E-state index contributed by atoms with van der Waals surface area (Å²) in [6.45, 7) is 0.293. The summed E-state index contributed by atoms with van der Waals surface area (Å²) >= 11 is 0. The van der Waals surface area contributed by atoms with E-state index in [1.807, 2.05) is 30.3 Å². The number of hydrogen-bond acceptors (Lipinski definition) is 4. The first kappa shape index (κ1) is 12.2. The largest absolute Gasteiger partial charge is 0.486 e. The Morgan fingerprint density at radius 3 is 2.75 bits per heavy atom. The molecule has 0 bridgehead atoms. The Kier molecular flexibility index (Phi) is 3.04. The van der Waals surface area contributed by atoms with Crippen molar-refractivity contribution in [3.05, 3.63) is 60.0 Å². The molecule has 1 aromatic carbocycles. The van der Waals surface area contributed by atoms with Crippen LogP contribution in [0.4, 0.5) is 0 Å². The Hall–Kier alpha value is -2.89. The molecular formula is C14H11N3O3. The van der Waals surface area contributed by atoms with Gasteiger partial charge >= 0.3 is 5.97 Å². The van der Waals surface area contributed by atoms with Gasteiger partial charge in [0.1, 0.15) is 12.9 Å². The van der Waals surface area contributed by atoms with Gasteiger partial charge in [-0.15, -0.1) is 0 Å². The first-order valence-electron chi connectivity index (χ1n) is 5.98. The number of carboxylic acid groups (broad SMARTS) is 1. The highest BCUT2D eigenvalue weighted by atomic mass is 16.5. The Morgan fingerprint density at radius 1 is 1.20 bits per heavy atom. The zero-order valence-electron chi connectivity index (χ0n) is 10.4. The van der Waals surface area contributed by atoms with Gasteiger partial charge in [-0.3, -0.25) is 0 Å². The number of carbonyl (C=O) groups is 1. The monoisotopic (exact) mass is 269 g/mol. The molecule has 20 heavy (non-hydrogen) atoms. The fraction of sp³-hybridized carbons (Fsp3) is 0.0714. The molecule has 0 atom stereocenters. The van der Waals surface area contributed by atoms with Crippen LogP contribution in [0.25, 0.3) is 5.65 Å². The number of rotatable bonds is 4. The molecule has 0 spiro atoms. The number of aromatic nitrogens is 3. The van der Waals surface area contributed by atoms with E-state index in [1.165, 1.54) is 10.8 Å². The van der Waals surface area contributed by atoms with Crippen LogP contribution >= 0.6 is 0 Å². The van der Waals surface area contributed by atoms with Gasteiger partial charge in [0, 0.05) is 0 Å². The number of carboxylic acids is 1. The van der Waals surface area contributed by atoms with E-state index in [0.717, 1.165) is 5.56 Å². The molecule has 0 unspecified atom stereocenters. The summed E-state index contributed by atoms with van der Waals surface area (Å²) in [7, 11) is 0. The van der Waals surface area contributed by atoms with Gasteiger partial charge in [0.15, 0.2) is 17.1 Å². The summed E-state index contributed by atoms with van der Waals surface area (Å²) in [6, 6.07) is 12.8. The van der Waals surface area contributed by atoms with E-state index >= 15 is 0 Å². The average molecular weight is 269 g/mol. The maximum Gasteiger partial charge on any atom is 0.358 e. The second kappa shape index (κ2) is 5.00. The van der Waals surface area contributed by atoms with E-state index in [9.17, 15) is 9.90 Å². The van der Waals surface area contributed by atoms with Crippen molar-refractivity contribution in [2.24, 2.45) is 0 Å². The summed E-state index contributed by atoms with van der Waals surface area (Å²) in [5, 5.41) is 13.2. The van der Waals surface area contributed by atoms with E-state index in [4.69, 9.17) is 4.74 Å². The summed E-state index contributed by atoms with van der Waals surface area (Å²) < 4.78 is 6.85. The summed E-state index contributed by atoms with van der Waals surface area (Å²) in [4.78, 5) is 15.3. The van der Waals surface area contributed by atoms with Crippen molar-refractivity contribution in [1.29, 1.82) is 0 Å². The molecule has 3 rings (SSSR count). The molecule has 6 heteroatoms. The first-order chi connectivity index (χ1) is 9.75. The van der Waals surface area contributed by atoms with Crippen LogP contribution in [0.1, 0.15) is 16.1 Å². The Morgan fingerprint density at radius 2 is 2.00 bits per heavy atom. The van der Waals surface area contributed by atoms with E-state index in [-0.39, 0.29) is 11.4 Å². The third-order valence-electron chi connectivity index (χ3n) is 2.84. The topological polar surface area (TPSA) is 76.7 Å². The van der Waals surface area contributed by atoms with Gasteiger partial charge in [0.2, 0.25) is 0 Å². The highest BCUT2D eigenvalue weighted by Crippen LogP contribution is 2.20. The molecule has 1 N–H and O–H groups in total. The molecule has 0 saturated carbocycles. The fourth-order valence-corrected chi connectivity index (χ4v) is 1.92. The zero-order valence-corrected chi connectivity index (χ0v) is 10.4. The standard InChI is InChI=1S/C14H11N3O3/c18-14(19)13-11(6-7-12-15-9-16-17(12)13)20-8-10-4-2-1-3-5-10/h1-7,9H,8H2,(H,18,19). The molecule has 0 radical (unpaired) electrons. The van der Waals surface area contributed by atoms with Crippen LogP contribution in [0.2, 0.25) is 0 Å². The number of ether oxygens (including phenoxy) is 1. The third kappa shape index (κ3) is 2.18. The number of pyridine rings is 1. The predicted molar refractivity (Wildman–Crippen MR) is 70.7 cm³/mol. The summed E-state index contributed by atoms with van der Waals surface area (Å²) in [5.74, 6) is -0.844. The number of nitrogens with zero attached hydrogens (tertiary/aromatic N) is 3. The highest BCUT2D eigenvalue weighted by molar-refractivity contribution is 5.89.